The maximum Gasteiger partial charge on any atom is 0.261 e. The molecule has 1 aliphatic rings. The second-order valence-electron chi connectivity index (χ2n) is 7.80. The number of hydrogen-bond donors (Lipinski definition) is 1. The third kappa shape index (κ3) is 4.40. The van der Waals surface area contributed by atoms with E-state index in [0.717, 1.165) is 29.1 Å². The molecule has 2 aromatic heterocycles. The molecule has 1 saturated carbocycles. The molecular formula is C24H20ClN3O2S. The summed E-state index contributed by atoms with van der Waals surface area (Å²) in [5.74, 6) is 1.06. The topological polar surface area (TPSA) is 64.0 Å². The Labute approximate surface area is 188 Å². The van der Waals surface area contributed by atoms with Crippen LogP contribution in [0.3, 0.4) is 0 Å². The normalized spacial score (nSPS) is 13.5. The molecule has 156 valence electrons. The Balaban J connectivity index is 1.49. The highest BCUT2D eigenvalue weighted by Crippen LogP contribution is 2.39. The summed E-state index contributed by atoms with van der Waals surface area (Å²) in [5, 5.41) is 6.02. The number of anilines is 1. The number of hydrogen-bond acceptors (Lipinski definition) is 4. The summed E-state index contributed by atoms with van der Waals surface area (Å²) in [5.41, 5.74) is 2.17. The first-order valence-electron chi connectivity index (χ1n) is 10.2. The van der Waals surface area contributed by atoms with Crippen LogP contribution < -0.4 is 10.9 Å². The molecule has 1 N–H and O–H groups in total. The minimum absolute atomic E-state index is 0.0868. The number of rotatable bonds is 6. The Hall–Kier alpha value is -2.96. The van der Waals surface area contributed by atoms with E-state index in [1.54, 1.807) is 28.0 Å². The van der Waals surface area contributed by atoms with Crippen LogP contribution in [-0.4, -0.2) is 15.5 Å². The molecule has 0 bridgehead atoms. The monoisotopic (exact) mass is 449 g/mol. The number of nitrogens with one attached hydrogen (secondary N) is 1. The van der Waals surface area contributed by atoms with Gasteiger partial charge in [-0.2, -0.15) is 0 Å². The van der Waals surface area contributed by atoms with Crippen LogP contribution in [0.15, 0.2) is 64.8 Å². The van der Waals surface area contributed by atoms with Gasteiger partial charge in [-0.1, -0.05) is 29.8 Å². The van der Waals surface area contributed by atoms with Crippen LogP contribution in [0.5, 0.6) is 0 Å². The maximum absolute atomic E-state index is 13.4. The van der Waals surface area contributed by atoms with Crippen molar-refractivity contribution in [3.8, 4) is 0 Å². The molecule has 1 aliphatic carbocycles. The van der Waals surface area contributed by atoms with Gasteiger partial charge in [0.15, 0.2) is 0 Å². The van der Waals surface area contributed by atoms with Gasteiger partial charge in [0.25, 0.3) is 5.56 Å². The zero-order valence-electron chi connectivity index (χ0n) is 16.7. The van der Waals surface area contributed by atoms with Crippen molar-refractivity contribution in [2.45, 2.75) is 31.7 Å². The lowest BCUT2D eigenvalue weighted by Crippen LogP contribution is -2.26. The first kappa shape index (κ1) is 20.0. The largest absolute Gasteiger partial charge is 0.326 e. The number of benzene rings is 2. The van der Waals surface area contributed by atoms with Gasteiger partial charge in [-0.15, -0.1) is 11.3 Å². The molecule has 0 saturated heterocycles. The van der Waals surface area contributed by atoms with Crippen molar-refractivity contribution < 1.29 is 4.79 Å². The molecule has 5 rings (SSSR count). The summed E-state index contributed by atoms with van der Waals surface area (Å²) in [6, 6.07) is 16.7. The molecule has 2 aromatic carbocycles. The van der Waals surface area contributed by atoms with E-state index < -0.39 is 0 Å². The predicted molar refractivity (Wildman–Crippen MR) is 125 cm³/mol. The number of carbonyl (C=O) groups is 1. The number of thiophene rings is 1. The predicted octanol–water partition coefficient (Wildman–Crippen LogP) is 5.22. The molecule has 1 amide bonds. The highest BCUT2D eigenvalue weighted by atomic mass is 35.5. The minimum atomic E-state index is -0.106. The summed E-state index contributed by atoms with van der Waals surface area (Å²) >= 11 is 7.55. The fourth-order valence-corrected chi connectivity index (χ4v) is 4.50. The summed E-state index contributed by atoms with van der Waals surface area (Å²) in [6.07, 6.45) is 2.42. The van der Waals surface area contributed by atoms with Crippen molar-refractivity contribution in [1.82, 2.24) is 9.55 Å². The van der Waals surface area contributed by atoms with Crippen molar-refractivity contribution in [2.75, 3.05) is 5.32 Å². The highest BCUT2D eigenvalue weighted by molar-refractivity contribution is 7.10. The van der Waals surface area contributed by atoms with E-state index >= 15 is 0 Å². The molecule has 2 heterocycles. The van der Waals surface area contributed by atoms with Gasteiger partial charge in [0.05, 0.1) is 23.9 Å². The SMILES string of the molecule is O=C(Cc1cccs1)Nc1ccc2nc(C3CC3)n(Cc3ccc(Cl)cc3)c(=O)c2c1. The van der Waals surface area contributed by atoms with E-state index in [-0.39, 0.29) is 11.5 Å². The van der Waals surface area contributed by atoms with Gasteiger partial charge in [0.2, 0.25) is 5.91 Å². The highest BCUT2D eigenvalue weighted by Gasteiger charge is 2.29. The Morgan fingerprint density at radius 3 is 2.68 bits per heavy atom. The molecule has 0 radical (unpaired) electrons. The van der Waals surface area contributed by atoms with E-state index in [9.17, 15) is 9.59 Å². The minimum Gasteiger partial charge on any atom is -0.326 e. The molecule has 1 fully saturated rings. The van der Waals surface area contributed by atoms with Gasteiger partial charge in [0, 0.05) is 21.5 Å². The van der Waals surface area contributed by atoms with Crippen LogP contribution in [0.4, 0.5) is 5.69 Å². The Bertz CT molecular complexity index is 1310. The molecule has 4 aromatic rings. The second kappa shape index (κ2) is 8.29. The quantitative estimate of drug-likeness (QED) is 0.439. The molecule has 5 nitrogen and oxygen atoms in total. The standard InChI is InChI=1S/C24H20ClN3O2S/c25-17-7-3-15(4-8-17)14-28-23(16-5-6-16)27-21-10-9-18(12-20(21)24(28)30)26-22(29)13-19-2-1-11-31-19/h1-4,7-12,16H,5-6,13-14H2,(H,26,29). The van der Waals surface area contributed by atoms with Crippen LogP contribution >= 0.6 is 22.9 Å². The van der Waals surface area contributed by atoms with E-state index in [2.05, 4.69) is 5.32 Å². The zero-order valence-corrected chi connectivity index (χ0v) is 18.2. The lowest BCUT2D eigenvalue weighted by molar-refractivity contribution is -0.115. The third-order valence-electron chi connectivity index (χ3n) is 5.38. The molecule has 0 unspecified atom stereocenters. The molecule has 7 heteroatoms. The van der Waals surface area contributed by atoms with Gasteiger partial charge in [-0.3, -0.25) is 14.2 Å². The van der Waals surface area contributed by atoms with E-state index in [1.165, 1.54) is 0 Å². The Kier molecular flexibility index (Phi) is 5.34. The molecular weight excluding hydrogens is 430 g/mol. The van der Waals surface area contributed by atoms with Crippen molar-refractivity contribution in [2.24, 2.45) is 0 Å². The van der Waals surface area contributed by atoms with Crippen molar-refractivity contribution in [1.29, 1.82) is 0 Å². The van der Waals surface area contributed by atoms with Gasteiger partial charge in [0.1, 0.15) is 5.82 Å². The Morgan fingerprint density at radius 1 is 1.16 bits per heavy atom. The zero-order chi connectivity index (χ0) is 21.4. The number of aromatic nitrogens is 2. The van der Waals surface area contributed by atoms with Crippen LogP contribution in [0, 0.1) is 0 Å². The third-order valence-corrected chi connectivity index (χ3v) is 6.51. The van der Waals surface area contributed by atoms with Crippen molar-refractivity contribution in [3.63, 3.8) is 0 Å². The lowest BCUT2D eigenvalue weighted by atomic mass is 10.1. The summed E-state index contributed by atoms with van der Waals surface area (Å²) in [4.78, 5) is 31.6. The van der Waals surface area contributed by atoms with Crippen LogP contribution in [0.2, 0.25) is 5.02 Å². The average Bonchev–Trinajstić information content (AvgIpc) is 3.48. The van der Waals surface area contributed by atoms with E-state index in [1.807, 2.05) is 47.8 Å². The summed E-state index contributed by atoms with van der Waals surface area (Å²) in [7, 11) is 0. The van der Waals surface area contributed by atoms with Gasteiger partial charge in [-0.25, -0.2) is 4.98 Å². The number of nitrogens with zero attached hydrogens (tertiary/aromatic N) is 2. The van der Waals surface area contributed by atoms with Crippen molar-refractivity contribution >= 4 is 45.4 Å². The van der Waals surface area contributed by atoms with Crippen LogP contribution in [0.1, 0.15) is 35.0 Å². The maximum atomic E-state index is 13.4. The van der Waals surface area contributed by atoms with Gasteiger partial charge < -0.3 is 5.32 Å². The van der Waals surface area contributed by atoms with Gasteiger partial charge >= 0.3 is 0 Å². The Morgan fingerprint density at radius 2 is 1.97 bits per heavy atom. The molecule has 0 spiro atoms. The van der Waals surface area contributed by atoms with Crippen LogP contribution in [0.25, 0.3) is 10.9 Å². The number of halogens is 1. The molecule has 0 atom stereocenters. The smallest absolute Gasteiger partial charge is 0.261 e. The van der Waals surface area contributed by atoms with E-state index in [0.29, 0.717) is 40.5 Å². The fraction of sp³-hybridized carbons (Fsp3) is 0.208. The first-order valence-corrected chi connectivity index (χ1v) is 11.4. The average molecular weight is 450 g/mol. The molecule has 0 aliphatic heterocycles. The molecule has 31 heavy (non-hydrogen) atoms. The first-order chi connectivity index (χ1) is 15.1. The summed E-state index contributed by atoms with van der Waals surface area (Å²) in [6.45, 7) is 0.444. The second-order valence-corrected chi connectivity index (χ2v) is 9.27. The van der Waals surface area contributed by atoms with E-state index in [4.69, 9.17) is 16.6 Å². The fourth-order valence-electron chi connectivity index (χ4n) is 3.67. The van der Waals surface area contributed by atoms with Gasteiger partial charge in [-0.05, 0) is 60.2 Å². The lowest BCUT2D eigenvalue weighted by Gasteiger charge is -2.14. The number of carbonyl (C=O) groups excluding carboxylic acids is 1. The number of amides is 1. The summed E-state index contributed by atoms with van der Waals surface area (Å²) < 4.78 is 1.76. The number of fused-ring (bicyclic) bond motifs is 1. The van der Waals surface area contributed by atoms with Crippen LogP contribution in [-0.2, 0) is 17.8 Å². The van der Waals surface area contributed by atoms with Crippen molar-refractivity contribution in [3.05, 3.63) is 91.6 Å².